The zero-order valence-electron chi connectivity index (χ0n) is 8.24. The quantitative estimate of drug-likeness (QED) is 0.595. The van der Waals surface area contributed by atoms with Gasteiger partial charge in [0, 0.05) is 18.5 Å². The van der Waals surface area contributed by atoms with E-state index in [0.717, 1.165) is 5.56 Å². The van der Waals surface area contributed by atoms with Crippen LogP contribution in [0.3, 0.4) is 0 Å². The SMILES string of the molecule is Cl.O=[N+]([O-])c1ccccc1-c1ccncc1. The molecule has 2 aromatic rings. The summed E-state index contributed by atoms with van der Waals surface area (Å²) < 4.78 is 0. The molecule has 82 valence electrons. The largest absolute Gasteiger partial charge is 0.277 e. The van der Waals surface area contributed by atoms with Gasteiger partial charge < -0.3 is 0 Å². The Kier molecular flexibility index (Phi) is 3.96. The maximum absolute atomic E-state index is 10.8. The lowest BCUT2D eigenvalue weighted by Crippen LogP contribution is -1.91. The van der Waals surface area contributed by atoms with Crippen LogP contribution in [-0.2, 0) is 0 Å². The molecule has 5 heteroatoms. The number of halogens is 1. The third kappa shape index (κ3) is 2.35. The number of rotatable bonds is 2. The summed E-state index contributed by atoms with van der Waals surface area (Å²) in [6.07, 6.45) is 3.23. The van der Waals surface area contributed by atoms with Crippen molar-refractivity contribution in [3.8, 4) is 11.1 Å². The molecule has 0 atom stereocenters. The van der Waals surface area contributed by atoms with E-state index >= 15 is 0 Å². The summed E-state index contributed by atoms with van der Waals surface area (Å²) in [5.41, 5.74) is 1.53. The molecule has 2 rings (SSSR count). The van der Waals surface area contributed by atoms with Gasteiger partial charge >= 0.3 is 0 Å². The molecular formula is C11H9ClN2O2. The summed E-state index contributed by atoms with van der Waals surface area (Å²) in [6.45, 7) is 0. The zero-order valence-corrected chi connectivity index (χ0v) is 9.05. The highest BCUT2D eigenvalue weighted by Gasteiger charge is 2.13. The van der Waals surface area contributed by atoms with Gasteiger partial charge in [-0.15, -0.1) is 12.4 Å². The summed E-state index contributed by atoms with van der Waals surface area (Å²) in [4.78, 5) is 14.3. The maximum atomic E-state index is 10.8. The summed E-state index contributed by atoms with van der Waals surface area (Å²) >= 11 is 0. The molecule has 0 fully saturated rings. The summed E-state index contributed by atoms with van der Waals surface area (Å²) in [5, 5.41) is 10.8. The molecule has 0 spiro atoms. The number of hydrogen-bond donors (Lipinski definition) is 0. The van der Waals surface area contributed by atoms with Crippen LogP contribution in [0, 0.1) is 10.1 Å². The van der Waals surface area contributed by atoms with Crippen LogP contribution in [-0.4, -0.2) is 9.91 Å². The van der Waals surface area contributed by atoms with Crippen molar-refractivity contribution in [3.63, 3.8) is 0 Å². The molecule has 0 N–H and O–H groups in total. The van der Waals surface area contributed by atoms with Crippen LogP contribution in [0.2, 0.25) is 0 Å². The van der Waals surface area contributed by atoms with Gasteiger partial charge in [0.25, 0.3) is 5.69 Å². The Labute approximate surface area is 98.5 Å². The average molecular weight is 237 g/mol. The number of hydrogen-bond acceptors (Lipinski definition) is 3. The van der Waals surface area contributed by atoms with E-state index < -0.39 is 0 Å². The Morgan fingerprint density at radius 2 is 1.69 bits per heavy atom. The predicted molar refractivity (Wildman–Crippen MR) is 63.6 cm³/mol. The van der Waals surface area contributed by atoms with Crippen LogP contribution in [0.15, 0.2) is 48.8 Å². The zero-order chi connectivity index (χ0) is 10.7. The van der Waals surface area contributed by atoms with Crippen LogP contribution >= 0.6 is 12.4 Å². The van der Waals surface area contributed by atoms with E-state index in [2.05, 4.69) is 4.98 Å². The number of aromatic nitrogens is 1. The lowest BCUT2D eigenvalue weighted by atomic mass is 10.1. The van der Waals surface area contributed by atoms with Gasteiger partial charge in [-0.05, 0) is 23.8 Å². The molecule has 0 aliphatic rings. The van der Waals surface area contributed by atoms with Crippen molar-refractivity contribution < 1.29 is 4.92 Å². The summed E-state index contributed by atoms with van der Waals surface area (Å²) in [7, 11) is 0. The first-order chi connectivity index (χ1) is 7.29. The standard InChI is InChI=1S/C11H8N2O2.ClH/c14-13(15)11-4-2-1-3-10(11)9-5-7-12-8-6-9;/h1-8H;1H. The molecule has 0 saturated carbocycles. The molecule has 16 heavy (non-hydrogen) atoms. The summed E-state index contributed by atoms with van der Waals surface area (Å²) in [5.74, 6) is 0. The van der Waals surface area contributed by atoms with Crippen molar-refractivity contribution >= 4 is 18.1 Å². The highest BCUT2D eigenvalue weighted by Crippen LogP contribution is 2.28. The fourth-order valence-electron chi connectivity index (χ4n) is 1.41. The van der Waals surface area contributed by atoms with Crippen LogP contribution in [0.5, 0.6) is 0 Å². The van der Waals surface area contributed by atoms with Crippen LogP contribution in [0.25, 0.3) is 11.1 Å². The minimum Gasteiger partial charge on any atom is -0.265 e. The topological polar surface area (TPSA) is 56.0 Å². The fraction of sp³-hybridized carbons (Fsp3) is 0. The Morgan fingerprint density at radius 1 is 1.06 bits per heavy atom. The van der Waals surface area contributed by atoms with Gasteiger partial charge in [0.05, 0.1) is 10.5 Å². The molecule has 0 aliphatic heterocycles. The van der Waals surface area contributed by atoms with Gasteiger partial charge in [-0.3, -0.25) is 15.1 Å². The Balaban J connectivity index is 0.00000128. The Hall–Kier alpha value is -1.94. The third-order valence-corrected chi connectivity index (χ3v) is 2.09. The molecule has 1 aromatic heterocycles. The van der Waals surface area contributed by atoms with E-state index in [-0.39, 0.29) is 23.0 Å². The highest BCUT2D eigenvalue weighted by atomic mass is 35.5. The van der Waals surface area contributed by atoms with Crippen molar-refractivity contribution in [1.82, 2.24) is 4.98 Å². The predicted octanol–water partition coefficient (Wildman–Crippen LogP) is 3.08. The number of nitrogens with zero attached hydrogens (tertiary/aromatic N) is 2. The molecule has 4 nitrogen and oxygen atoms in total. The second-order valence-electron chi connectivity index (χ2n) is 3.01. The second-order valence-corrected chi connectivity index (χ2v) is 3.01. The molecule has 0 unspecified atom stereocenters. The summed E-state index contributed by atoms with van der Waals surface area (Å²) in [6, 6.07) is 10.2. The van der Waals surface area contributed by atoms with Crippen molar-refractivity contribution in [1.29, 1.82) is 0 Å². The van der Waals surface area contributed by atoms with Crippen LogP contribution in [0.4, 0.5) is 5.69 Å². The third-order valence-electron chi connectivity index (χ3n) is 2.09. The van der Waals surface area contributed by atoms with Gasteiger partial charge in [-0.1, -0.05) is 12.1 Å². The molecule has 0 radical (unpaired) electrons. The Morgan fingerprint density at radius 3 is 2.31 bits per heavy atom. The minimum atomic E-state index is -0.379. The number of benzene rings is 1. The monoisotopic (exact) mass is 236 g/mol. The van der Waals surface area contributed by atoms with Gasteiger partial charge in [-0.2, -0.15) is 0 Å². The van der Waals surface area contributed by atoms with Gasteiger partial charge in [-0.25, -0.2) is 0 Å². The van der Waals surface area contributed by atoms with E-state index in [9.17, 15) is 10.1 Å². The lowest BCUT2D eigenvalue weighted by Gasteiger charge is -2.01. The first-order valence-electron chi connectivity index (χ1n) is 4.43. The minimum absolute atomic E-state index is 0. The normalized spacial score (nSPS) is 9.25. The first-order valence-corrected chi connectivity index (χ1v) is 4.43. The molecule has 0 aliphatic carbocycles. The van der Waals surface area contributed by atoms with Gasteiger partial charge in [0.15, 0.2) is 0 Å². The number of nitro benzene ring substituents is 1. The number of para-hydroxylation sites is 1. The molecule has 0 bridgehead atoms. The van der Waals surface area contributed by atoms with Crippen molar-refractivity contribution in [2.45, 2.75) is 0 Å². The molecule has 0 saturated heterocycles. The van der Waals surface area contributed by atoms with E-state index in [0.29, 0.717) is 5.56 Å². The fourth-order valence-corrected chi connectivity index (χ4v) is 1.41. The van der Waals surface area contributed by atoms with E-state index in [4.69, 9.17) is 0 Å². The van der Waals surface area contributed by atoms with E-state index in [1.54, 1.807) is 42.7 Å². The van der Waals surface area contributed by atoms with Gasteiger partial charge in [0.1, 0.15) is 0 Å². The van der Waals surface area contributed by atoms with Gasteiger partial charge in [0.2, 0.25) is 0 Å². The molecular weight excluding hydrogens is 228 g/mol. The highest BCUT2D eigenvalue weighted by molar-refractivity contribution is 5.85. The molecule has 1 heterocycles. The first kappa shape index (κ1) is 12.1. The van der Waals surface area contributed by atoms with Crippen LogP contribution < -0.4 is 0 Å². The van der Waals surface area contributed by atoms with Crippen molar-refractivity contribution in [2.24, 2.45) is 0 Å². The van der Waals surface area contributed by atoms with Crippen molar-refractivity contribution in [2.75, 3.05) is 0 Å². The van der Waals surface area contributed by atoms with E-state index in [1.807, 2.05) is 0 Å². The lowest BCUT2D eigenvalue weighted by molar-refractivity contribution is -0.384. The average Bonchev–Trinajstić information content (AvgIpc) is 2.30. The maximum Gasteiger partial charge on any atom is 0.277 e. The number of pyridine rings is 1. The van der Waals surface area contributed by atoms with Crippen molar-refractivity contribution in [3.05, 3.63) is 58.9 Å². The Bertz CT molecular complexity index is 488. The smallest absolute Gasteiger partial charge is 0.265 e. The number of nitro groups is 1. The van der Waals surface area contributed by atoms with E-state index in [1.165, 1.54) is 6.07 Å². The molecule has 0 amide bonds. The second kappa shape index (κ2) is 5.23. The molecule has 1 aromatic carbocycles. The van der Waals surface area contributed by atoms with Crippen LogP contribution in [0.1, 0.15) is 0 Å².